The maximum Gasteiger partial charge on any atom is 0.270 e. The topological polar surface area (TPSA) is 90.3 Å². The maximum absolute atomic E-state index is 13.3. The van der Waals surface area contributed by atoms with Crippen LogP contribution in [0.3, 0.4) is 0 Å². The minimum absolute atomic E-state index is 0.0535. The van der Waals surface area contributed by atoms with Crippen LogP contribution >= 0.6 is 11.8 Å². The van der Waals surface area contributed by atoms with Crippen molar-refractivity contribution in [1.82, 2.24) is 9.97 Å². The minimum Gasteiger partial charge on any atom is -0.467 e. The normalized spacial score (nSPS) is 13.5. The van der Waals surface area contributed by atoms with Crippen LogP contribution in [0.1, 0.15) is 11.1 Å². The van der Waals surface area contributed by atoms with Gasteiger partial charge in [0.1, 0.15) is 5.75 Å². The summed E-state index contributed by atoms with van der Waals surface area (Å²) in [6.45, 7) is 0.309. The predicted molar refractivity (Wildman–Crippen MR) is 89.0 cm³/mol. The molecule has 0 saturated heterocycles. The fourth-order valence-electron chi connectivity index (χ4n) is 2.69. The third-order valence-electron chi connectivity index (χ3n) is 3.85. The predicted octanol–water partition coefficient (Wildman–Crippen LogP) is 3.91. The first kappa shape index (κ1) is 16.7. The first-order chi connectivity index (χ1) is 12.5. The van der Waals surface area contributed by atoms with E-state index in [0.717, 1.165) is 12.1 Å². The van der Waals surface area contributed by atoms with Gasteiger partial charge in [0.2, 0.25) is 0 Å². The lowest BCUT2D eigenvalue weighted by Gasteiger charge is -2.20. The molecule has 4 rings (SSSR count). The van der Waals surface area contributed by atoms with Crippen molar-refractivity contribution in [2.75, 3.05) is 6.79 Å². The molecule has 3 aromatic rings. The highest BCUT2D eigenvalue weighted by atomic mass is 32.2. The molecular formula is C16H11F2N3O4S. The summed E-state index contributed by atoms with van der Waals surface area (Å²) < 4.78 is 37.2. The number of aromatic nitrogens is 2. The monoisotopic (exact) mass is 379 g/mol. The molecule has 1 N–H and O–H groups in total. The first-order valence-electron chi connectivity index (χ1n) is 7.49. The molecule has 1 aliphatic rings. The molecule has 10 heteroatoms. The van der Waals surface area contributed by atoms with Gasteiger partial charge in [-0.3, -0.25) is 10.1 Å². The molecule has 0 atom stereocenters. The van der Waals surface area contributed by atoms with E-state index >= 15 is 0 Å². The zero-order valence-corrected chi connectivity index (χ0v) is 13.9. The highest BCUT2D eigenvalue weighted by molar-refractivity contribution is 7.98. The van der Waals surface area contributed by atoms with Gasteiger partial charge >= 0.3 is 0 Å². The Hall–Kier alpha value is -2.72. The molecule has 0 amide bonds. The second-order valence-corrected chi connectivity index (χ2v) is 6.54. The van der Waals surface area contributed by atoms with E-state index in [1.807, 2.05) is 0 Å². The standard InChI is InChI=1S/C16H11F2N3O4S/c17-11-3-13-14(4-12(11)18)20-16(19-13)26-6-9-2-10(21(22)23)1-8-5-24-7-25-15(8)9/h1-4H,5-7H2,(H,19,20). The number of fused-ring (bicyclic) bond motifs is 2. The lowest BCUT2D eigenvalue weighted by atomic mass is 10.1. The molecule has 1 aromatic heterocycles. The second-order valence-electron chi connectivity index (χ2n) is 5.57. The van der Waals surface area contributed by atoms with Crippen molar-refractivity contribution in [2.45, 2.75) is 17.5 Å². The summed E-state index contributed by atoms with van der Waals surface area (Å²) in [5, 5.41) is 11.6. The van der Waals surface area contributed by atoms with Crippen LogP contribution < -0.4 is 4.74 Å². The number of non-ortho nitro benzene ring substituents is 1. The van der Waals surface area contributed by atoms with E-state index in [9.17, 15) is 18.9 Å². The highest BCUT2D eigenvalue weighted by Gasteiger charge is 2.21. The Labute approximate surface area is 149 Å². The number of nitrogens with zero attached hydrogens (tertiary/aromatic N) is 2. The van der Waals surface area contributed by atoms with Crippen molar-refractivity contribution >= 4 is 28.5 Å². The number of nitrogens with one attached hydrogen (secondary N) is 1. The summed E-state index contributed by atoms with van der Waals surface area (Å²) >= 11 is 1.25. The van der Waals surface area contributed by atoms with Crippen molar-refractivity contribution in [2.24, 2.45) is 0 Å². The van der Waals surface area contributed by atoms with Crippen molar-refractivity contribution in [1.29, 1.82) is 0 Å². The number of nitro groups is 1. The number of ether oxygens (including phenoxy) is 2. The lowest BCUT2D eigenvalue weighted by Crippen LogP contribution is -2.13. The van der Waals surface area contributed by atoms with Gasteiger partial charge in [-0.1, -0.05) is 11.8 Å². The number of imidazole rings is 1. The molecule has 134 valence electrons. The number of nitro benzene ring substituents is 1. The number of hydrogen-bond acceptors (Lipinski definition) is 6. The van der Waals surface area contributed by atoms with Gasteiger partial charge in [0.25, 0.3) is 5.69 Å². The summed E-state index contributed by atoms with van der Waals surface area (Å²) in [4.78, 5) is 17.7. The summed E-state index contributed by atoms with van der Waals surface area (Å²) in [6.07, 6.45) is 0. The number of hydrogen-bond donors (Lipinski definition) is 1. The molecule has 26 heavy (non-hydrogen) atoms. The van der Waals surface area contributed by atoms with Gasteiger partial charge in [-0.15, -0.1) is 0 Å². The van der Waals surface area contributed by atoms with E-state index in [0.29, 0.717) is 38.8 Å². The molecule has 0 radical (unpaired) electrons. The molecule has 0 saturated carbocycles. The van der Waals surface area contributed by atoms with Crippen LogP contribution in [0.2, 0.25) is 0 Å². The van der Waals surface area contributed by atoms with E-state index < -0.39 is 16.6 Å². The van der Waals surface area contributed by atoms with Gasteiger partial charge in [0.15, 0.2) is 23.6 Å². The molecule has 0 fully saturated rings. The van der Waals surface area contributed by atoms with Crippen LogP contribution in [0.5, 0.6) is 5.75 Å². The quantitative estimate of drug-likeness (QED) is 0.420. The fourth-order valence-corrected chi connectivity index (χ4v) is 3.54. The molecule has 1 aliphatic heterocycles. The van der Waals surface area contributed by atoms with E-state index in [1.165, 1.54) is 23.9 Å². The minimum atomic E-state index is -0.971. The highest BCUT2D eigenvalue weighted by Crippen LogP contribution is 2.36. The molecule has 0 unspecified atom stereocenters. The van der Waals surface area contributed by atoms with Crippen LogP contribution in [0.4, 0.5) is 14.5 Å². The van der Waals surface area contributed by atoms with Crippen LogP contribution in [0, 0.1) is 21.7 Å². The first-order valence-corrected chi connectivity index (χ1v) is 8.48. The average molecular weight is 379 g/mol. The number of benzene rings is 2. The Bertz CT molecular complexity index is 985. The van der Waals surface area contributed by atoms with Crippen LogP contribution in [0.25, 0.3) is 11.0 Å². The zero-order chi connectivity index (χ0) is 18.3. The fraction of sp³-hybridized carbons (Fsp3) is 0.188. The molecule has 2 heterocycles. The van der Waals surface area contributed by atoms with E-state index in [1.54, 1.807) is 0 Å². The number of halogens is 2. The molecule has 0 spiro atoms. The van der Waals surface area contributed by atoms with Crippen LogP contribution in [0.15, 0.2) is 29.4 Å². The summed E-state index contributed by atoms with van der Waals surface area (Å²) in [5.74, 6) is -1.04. The Morgan fingerprint density at radius 3 is 2.88 bits per heavy atom. The molecule has 0 aliphatic carbocycles. The largest absolute Gasteiger partial charge is 0.467 e. The number of aromatic amines is 1. The SMILES string of the molecule is O=[N+]([O-])c1cc2c(c(CSc3nc4cc(F)c(F)cc4[nH]3)c1)OCOC2. The summed E-state index contributed by atoms with van der Waals surface area (Å²) in [7, 11) is 0. The van der Waals surface area contributed by atoms with Crippen molar-refractivity contribution in [3.63, 3.8) is 0 Å². The molecule has 2 aromatic carbocycles. The number of H-pyrrole nitrogens is 1. The Balaban J connectivity index is 1.63. The smallest absolute Gasteiger partial charge is 0.270 e. The van der Waals surface area contributed by atoms with Crippen molar-refractivity contribution in [3.8, 4) is 5.75 Å². The second kappa shape index (κ2) is 6.54. The third kappa shape index (κ3) is 3.08. The van der Waals surface area contributed by atoms with Crippen LogP contribution in [-0.2, 0) is 17.1 Å². The van der Waals surface area contributed by atoms with E-state index in [4.69, 9.17) is 9.47 Å². The van der Waals surface area contributed by atoms with Gasteiger partial charge in [-0.05, 0) is 0 Å². The van der Waals surface area contributed by atoms with Gasteiger partial charge < -0.3 is 14.5 Å². The average Bonchev–Trinajstić information content (AvgIpc) is 3.01. The van der Waals surface area contributed by atoms with Crippen LogP contribution in [-0.4, -0.2) is 21.7 Å². The van der Waals surface area contributed by atoms with Gasteiger partial charge in [-0.2, -0.15) is 0 Å². The summed E-state index contributed by atoms with van der Waals surface area (Å²) in [6, 6.07) is 4.92. The van der Waals surface area contributed by atoms with Crippen molar-refractivity contribution in [3.05, 3.63) is 57.1 Å². The molecule has 7 nitrogen and oxygen atoms in total. The zero-order valence-electron chi connectivity index (χ0n) is 13.1. The van der Waals surface area contributed by atoms with Gasteiger partial charge in [0.05, 0.1) is 22.6 Å². The van der Waals surface area contributed by atoms with Crippen molar-refractivity contribution < 1.29 is 23.2 Å². The van der Waals surface area contributed by atoms with E-state index in [-0.39, 0.29) is 19.1 Å². The third-order valence-corrected chi connectivity index (χ3v) is 4.77. The van der Waals surface area contributed by atoms with Gasteiger partial charge in [-0.25, -0.2) is 13.8 Å². The number of thioether (sulfide) groups is 1. The Kier molecular flexibility index (Phi) is 4.21. The number of rotatable bonds is 4. The molecule has 0 bridgehead atoms. The van der Waals surface area contributed by atoms with E-state index in [2.05, 4.69) is 9.97 Å². The Morgan fingerprint density at radius 2 is 2.08 bits per heavy atom. The lowest BCUT2D eigenvalue weighted by molar-refractivity contribution is -0.385. The maximum atomic E-state index is 13.3. The Morgan fingerprint density at radius 1 is 1.27 bits per heavy atom. The molecular weight excluding hydrogens is 368 g/mol. The summed E-state index contributed by atoms with van der Waals surface area (Å²) in [5.41, 5.74) is 1.85. The van der Waals surface area contributed by atoms with Gasteiger partial charge in [0, 0.05) is 41.1 Å².